The Kier molecular flexibility index (Phi) is 4.04. The zero-order chi connectivity index (χ0) is 14.0. The monoisotopic (exact) mass is 285 g/mol. The highest BCUT2D eigenvalue weighted by atomic mass is 35.5. The summed E-state index contributed by atoms with van der Waals surface area (Å²) in [4.78, 5) is 23.3. The zero-order valence-electron chi connectivity index (χ0n) is 10.3. The van der Waals surface area contributed by atoms with Crippen LogP contribution in [-0.4, -0.2) is 24.0 Å². The number of esters is 1. The molecule has 0 saturated heterocycles. The molecule has 0 aromatic heterocycles. The number of halogens is 2. The van der Waals surface area contributed by atoms with Crippen molar-refractivity contribution >= 4 is 23.5 Å². The van der Waals surface area contributed by atoms with Crippen LogP contribution in [0.3, 0.4) is 0 Å². The Labute approximate surface area is 114 Å². The van der Waals surface area contributed by atoms with Crippen LogP contribution in [0.25, 0.3) is 0 Å². The van der Waals surface area contributed by atoms with Gasteiger partial charge < -0.3 is 10.1 Å². The van der Waals surface area contributed by atoms with Crippen LogP contribution in [0, 0.1) is 5.82 Å². The number of ether oxygens (including phenoxy) is 1. The van der Waals surface area contributed by atoms with Crippen molar-refractivity contribution in [3.8, 4) is 0 Å². The van der Waals surface area contributed by atoms with E-state index in [1.165, 1.54) is 19.1 Å². The number of hydrogen-bond donors (Lipinski definition) is 1. The van der Waals surface area contributed by atoms with Gasteiger partial charge in [-0.1, -0.05) is 11.6 Å². The summed E-state index contributed by atoms with van der Waals surface area (Å²) in [5, 5.41) is 2.89. The van der Waals surface area contributed by atoms with Gasteiger partial charge in [0.25, 0.3) is 5.91 Å². The normalized spacial score (nSPS) is 15.7. The third-order valence-electron chi connectivity index (χ3n) is 2.73. The van der Waals surface area contributed by atoms with Crippen molar-refractivity contribution in [2.75, 3.05) is 0 Å². The van der Waals surface area contributed by atoms with Crippen LogP contribution in [0.4, 0.5) is 4.39 Å². The molecule has 1 aromatic rings. The van der Waals surface area contributed by atoms with Gasteiger partial charge in [0, 0.05) is 11.1 Å². The molecule has 102 valence electrons. The van der Waals surface area contributed by atoms with Crippen molar-refractivity contribution < 1.29 is 18.7 Å². The van der Waals surface area contributed by atoms with Crippen molar-refractivity contribution in [1.82, 2.24) is 5.32 Å². The maximum absolute atomic E-state index is 13.5. The Balaban J connectivity index is 1.97. The molecule has 6 heteroatoms. The number of carbonyl (C=O) groups is 2. The van der Waals surface area contributed by atoms with E-state index < -0.39 is 17.9 Å². The summed E-state index contributed by atoms with van der Waals surface area (Å²) in [5.74, 6) is -2.02. The molecule has 1 saturated carbocycles. The fourth-order valence-corrected chi connectivity index (χ4v) is 1.64. The summed E-state index contributed by atoms with van der Waals surface area (Å²) in [6.45, 7) is 1.45. The number of benzene rings is 1. The molecule has 0 bridgehead atoms. The first-order chi connectivity index (χ1) is 8.97. The number of nitrogens with one attached hydrogen (secondary N) is 1. The van der Waals surface area contributed by atoms with Gasteiger partial charge in [-0.2, -0.15) is 0 Å². The largest absolute Gasteiger partial charge is 0.449 e. The fourth-order valence-electron chi connectivity index (χ4n) is 1.48. The average Bonchev–Trinajstić information content (AvgIpc) is 3.12. The van der Waals surface area contributed by atoms with Crippen molar-refractivity contribution in [2.24, 2.45) is 0 Å². The molecule has 1 aliphatic carbocycles. The summed E-state index contributed by atoms with van der Waals surface area (Å²) >= 11 is 5.59. The van der Waals surface area contributed by atoms with Crippen LogP contribution in [0.2, 0.25) is 5.02 Å². The highest BCUT2D eigenvalue weighted by molar-refractivity contribution is 6.30. The molecule has 1 aliphatic rings. The summed E-state index contributed by atoms with van der Waals surface area (Å²) in [5.41, 5.74) is -0.240. The molecule has 0 aliphatic heterocycles. The Hall–Kier alpha value is -1.62. The predicted molar refractivity (Wildman–Crippen MR) is 67.5 cm³/mol. The van der Waals surface area contributed by atoms with E-state index in [-0.39, 0.29) is 22.5 Å². The lowest BCUT2D eigenvalue weighted by Gasteiger charge is -2.13. The maximum atomic E-state index is 13.5. The van der Waals surface area contributed by atoms with Gasteiger partial charge in [0.2, 0.25) is 0 Å². The van der Waals surface area contributed by atoms with E-state index in [0.29, 0.717) is 0 Å². The Bertz CT molecular complexity index is 517. The Morgan fingerprint density at radius 2 is 2.16 bits per heavy atom. The Morgan fingerprint density at radius 1 is 1.47 bits per heavy atom. The quantitative estimate of drug-likeness (QED) is 0.864. The minimum atomic E-state index is -0.955. The molecule has 19 heavy (non-hydrogen) atoms. The second-order valence-corrected chi connectivity index (χ2v) is 4.89. The van der Waals surface area contributed by atoms with Gasteiger partial charge in [0.15, 0.2) is 6.10 Å². The number of hydrogen-bond acceptors (Lipinski definition) is 3. The number of rotatable bonds is 4. The molecule has 1 atom stereocenters. The lowest BCUT2D eigenvalue weighted by Crippen LogP contribution is -2.37. The van der Waals surface area contributed by atoms with E-state index in [9.17, 15) is 14.0 Å². The Morgan fingerprint density at radius 3 is 2.74 bits per heavy atom. The molecule has 1 fully saturated rings. The molecular weight excluding hydrogens is 273 g/mol. The van der Waals surface area contributed by atoms with Crippen molar-refractivity contribution in [3.63, 3.8) is 0 Å². The average molecular weight is 286 g/mol. The minimum Gasteiger partial charge on any atom is -0.449 e. The molecule has 0 spiro atoms. The second kappa shape index (κ2) is 5.57. The van der Waals surface area contributed by atoms with Gasteiger partial charge in [0.05, 0.1) is 5.56 Å². The minimum absolute atomic E-state index is 0.181. The molecule has 0 radical (unpaired) electrons. The van der Waals surface area contributed by atoms with E-state index in [0.717, 1.165) is 18.9 Å². The third-order valence-corrected chi connectivity index (χ3v) is 2.96. The first-order valence-electron chi connectivity index (χ1n) is 5.94. The van der Waals surface area contributed by atoms with Crippen LogP contribution < -0.4 is 5.32 Å². The summed E-state index contributed by atoms with van der Waals surface area (Å²) in [6.07, 6.45) is 0.930. The zero-order valence-corrected chi connectivity index (χ0v) is 11.0. The van der Waals surface area contributed by atoms with Crippen molar-refractivity contribution in [2.45, 2.75) is 31.9 Å². The van der Waals surface area contributed by atoms with Crippen LogP contribution in [0.5, 0.6) is 0 Å². The van der Waals surface area contributed by atoms with E-state index in [2.05, 4.69) is 5.32 Å². The molecule has 0 unspecified atom stereocenters. The molecular formula is C13H13ClFNO3. The fraction of sp³-hybridized carbons (Fsp3) is 0.385. The van der Waals surface area contributed by atoms with E-state index >= 15 is 0 Å². The molecule has 1 aromatic carbocycles. The van der Waals surface area contributed by atoms with E-state index in [1.807, 2.05) is 0 Å². The van der Waals surface area contributed by atoms with E-state index in [4.69, 9.17) is 16.3 Å². The van der Waals surface area contributed by atoms with Crippen LogP contribution in [-0.2, 0) is 9.53 Å². The number of carbonyl (C=O) groups excluding carboxylic acids is 2. The third kappa shape index (κ3) is 3.67. The molecule has 1 N–H and O–H groups in total. The van der Waals surface area contributed by atoms with Gasteiger partial charge in [-0.25, -0.2) is 9.18 Å². The van der Waals surface area contributed by atoms with Gasteiger partial charge in [-0.05, 0) is 38.0 Å². The van der Waals surface area contributed by atoms with Gasteiger partial charge >= 0.3 is 5.97 Å². The summed E-state index contributed by atoms with van der Waals surface area (Å²) in [6, 6.07) is 3.82. The highest BCUT2D eigenvalue weighted by Crippen LogP contribution is 2.19. The highest BCUT2D eigenvalue weighted by Gasteiger charge is 2.27. The van der Waals surface area contributed by atoms with Gasteiger partial charge in [-0.3, -0.25) is 4.79 Å². The van der Waals surface area contributed by atoms with Crippen LogP contribution >= 0.6 is 11.6 Å². The SMILES string of the molecule is C[C@@H](OC(=O)c1ccc(Cl)cc1F)C(=O)NC1CC1. The molecule has 0 heterocycles. The topological polar surface area (TPSA) is 55.4 Å². The van der Waals surface area contributed by atoms with Gasteiger partial charge in [0.1, 0.15) is 5.82 Å². The van der Waals surface area contributed by atoms with Crippen LogP contribution in [0.15, 0.2) is 18.2 Å². The van der Waals surface area contributed by atoms with Crippen molar-refractivity contribution in [1.29, 1.82) is 0 Å². The smallest absolute Gasteiger partial charge is 0.341 e. The summed E-state index contributed by atoms with van der Waals surface area (Å²) < 4.78 is 18.4. The second-order valence-electron chi connectivity index (χ2n) is 4.45. The molecule has 1 amide bonds. The molecule has 4 nitrogen and oxygen atoms in total. The lowest BCUT2D eigenvalue weighted by atomic mass is 10.2. The predicted octanol–water partition coefficient (Wildman–Crippen LogP) is 2.30. The standard InChI is InChI=1S/C13H13ClFNO3/c1-7(12(17)16-9-3-4-9)19-13(18)10-5-2-8(14)6-11(10)15/h2,5-7,9H,3-4H2,1H3,(H,16,17)/t7-/m1/s1. The maximum Gasteiger partial charge on any atom is 0.341 e. The van der Waals surface area contributed by atoms with Crippen LogP contribution in [0.1, 0.15) is 30.1 Å². The van der Waals surface area contributed by atoms with Crippen molar-refractivity contribution in [3.05, 3.63) is 34.6 Å². The van der Waals surface area contributed by atoms with Gasteiger partial charge in [-0.15, -0.1) is 0 Å². The first kappa shape index (κ1) is 13.8. The van der Waals surface area contributed by atoms with E-state index in [1.54, 1.807) is 0 Å². The summed E-state index contributed by atoms with van der Waals surface area (Å²) in [7, 11) is 0. The molecule has 2 rings (SSSR count). The lowest BCUT2D eigenvalue weighted by molar-refractivity contribution is -0.129. The number of amides is 1. The first-order valence-corrected chi connectivity index (χ1v) is 6.31.